The summed E-state index contributed by atoms with van der Waals surface area (Å²) in [6.45, 7) is 0.727. The molecule has 0 radical (unpaired) electrons. The van der Waals surface area contributed by atoms with E-state index in [1.165, 1.54) is 4.90 Å². The molecule has 2 atom stereocenters. The molecule has 0 aliphatic carbocycles. The minimum absolute atomic E-state index is 0.0274. The van der Waals surface area contributed by atoms with Crippen LogP contribution in [-0.2, 0) is 16.1 Å². The molecule has 0 spiro atoms. The third-order valence-electron chi connectivity index (χ3n) is 5.78. The lowest BCUT2D eigenvalue weighted by molar-refractivity contribution is -0.139. The van der Waals surface area contributed by atoms with Crippen LogP contribution < -0.4 is 4.74 Å². The van der Waals surface area contributed by atoms with Gasteiger partial charge in [0.05, 0.1) is 19.3 Å². The zero-order valence-corrected chi connectivity index (χ0v) is 17.5. The van der Waals surface area contributed by atoms with Gasteiger partial charge in [0.1, 0.15) is 5.75 Å². The Morgan fingerprint density at radius 3 is 2.44 bits per heavy atom. The van der Waals surface area contributed by atoms with Crippen molar-refractivity contribution in [1.82, 2.24) is 4.90 Å². The number of hydrogen-bond donors (Lipinski definition) is 2. The summed E-state index contributed by atoms with van der Waals surface area (Å²) in [5, 5.41) is 20.5. The summed E-state index contributed by atoms with van der Waals surface area (Å²) < 4.78 is 11.5. The fourth-order valence-electron chi connectivity index (χ4n) is 4.13. The maximum atomic E-state index is 11.5. The van der Waals surface area contributed by atoms with Gasteiger partial charge in [-0.2, -0.15) is 0 Å². The fourth-order valence-corrected chi connectivity index (χ4v) is 4.13. The number of carbonyl (C=O) groups is 2. The van der Waals surface area contributed by atoms with Gasteiger partial charge in [0, 0.05) is 12.5 Å². The minimum atomic E-state index is -1.03. The normalized spacial score (nSPS) is 18.4. The van der Waals surface area contributed by atoms with E-state index >= 15 is 0 Å². The van der Waals surface area contributed by atoms with E-state index in [4.69, 9.17) is 14.6 Å². The third-order valence-corrected chi connectivity index (χ3v) is 5.78. The number of piperidine rings is 1. The van der Waals surface area contributed by atoms with E-state index in [2.05, 4.69) is 24.3 Å². The van der Waals surface area contributed by atoms with Crippen LogP contribution >= 0.6 is 0 Å². The number of amides is 1. The summed E-state index contributed by atoms with van der Waals surface area (Å²) in [5.74, 6) is -0.524. The Kier molecular flexibility index (Phi) is 6.56. The van der Waals surface area contributed by atoms with Gasteiger partial charge in [-0.15, -0.1) is 0 Å². The zero-order valence-electron chi connectivity index (χ0n) is 17.5. The van der Waals surface area contributed by atoms with Gasteiger partial charge in [-0.25, -0.2) is 9.59 Å². The summed E-state index contributed by atoms with van der Waals surface area (Å²) in [5.41, 5.74) is 2.05. The van der Waals surface area contributed by atoms with Crippen molar-refractivity contribution in [3.63, 3.8) is 0 Å². The van der Waals surface area contributed by atoms with E-state index in [1.54, 1.807) is 12.1 Å². The number of carboxylic acids is 1. The van der Waals surface area contributed by atoms with Crippen LogP contribution in [0.15, 0.2) is 66.7 Å². The van der Waals surface area contributed by atoms with Gasteiger partial charge in [-0.3, -0.25) is 0 Å². The highest BCUT2D eigenvalue weighted by Crippen LogP contribution is 2.32. The Labute approximate surface area is 185 Å². The number of nitrogens with zero attached hydrogens (tertiary/aromatic N) is 1. The molecule has 1 amide bonds. The predicted octanol–water partition coefficient (Wildman–Crippen LogP) is 4.36. The van der Waals surface area contributed by atoms with Gasteiger partial charge in [-0.05, 0) is 46.5 Å². The van der Waals surface area contributed by atoms with Crippen molar-refractivity contribution in [2.45, 2.75) is 25.0 Å². The largest absolute Gasteiger partial charge is 0.482 e. The lowest BCUT2D eigenvalue weighted by Crippen LogP contribution is -2.46. The summed E-state index contributed by atoms with van der Waals surface area (Å²) in [7, 11) is 0. The highest BCUT2D eigenvalue weighted by atomic mass is 16.5. The first-order valence-corrected chi connectivity index (χ1v) is 10.5. The van der Waals surface area contributed by atoms with E-state index < -0.39 is 18.7 Å². The molecule has 7 heteroatoms. The number of hydrogen-bond acceptors (Lipinski definition) is 4. The van der Waals surface area contributed by atoms with Crippen LogP contribution in [0.25, 0.3) is 10.8 Å². The average molecular weight is 435 g/mol. The standard InChI is InChI=1S/C25H25NO6/c27-24(28)16-31-21-9-7-19(8-10-21)22-11-12-26(25(29)30)14-23(22)32-15-17-5-6-18-3-1-2-4-20(18)13-17/h1-10,13,22-23H,11-12,14-16H2,(H,27,28)(H,29,30). The van der Waals surface area contributed by atoms with Crippen molar-refractivity contribution >= 4 is 22.8 Å². The second kappa shape index (κ2) is 9.70. The first-order valence-electron chi connectivity index (χ1n) is 10.5. The van der Waals surface area contributed by atoms with E-state index in [9.17, 15) is 14.7 Å². The van der Waals surface area contributed by atoms with Crippen molar-refractivity contribution in [2.75, 3.05) is 19.7 Å². The molecule has 7 nitrogen and oxygen atoms in total. The molecule has 1 aliphatic rings. The number of ether oxygens (including phenoxy) is 2. The summed E-state index contributed by atoms with van der Waals surface area (Å²) in [4.78, 5) is 23.6. The van der Waals surface area contributed by atoms with Crippen LogP contribution in [0.1, 0.15) is 23.5 Å². The monoisotopic (exact) mass is 435 g/mol. The van der Waals surface area contributed by atoms with Gasteiger partial charge >= 0.3 is 12.1 Å². The Bertz CT molecular complexity index is 1100. The van der Waals surface area contributed by atoms with Crippen molar-refractivity contribution < 1.29 is 29.3 Å². The summed E-state index contributed by atoms with van der Waals surface area (Å²) >= 11 is 0. The zero-order chi connectivity index (χ0) is 22.5. The number of rotatable bonds is 7. The molecule has 1 saturated heterocycles. The molecule has 3 aromatic rings. The van der Waals surface area contributed by atoms with Crippen molar-refractivity contribution in [3.05, 3.63) is 77.9 Å². The molecule has 166 valence electrons. The lowest BCUT2D eigenvalue weighted by atomic mass is 9.87. The maximum absolute atomic E-state index is 11.5. The lowest BCUT2D eigenvalue weighted by Gasteiger charge is -2.37. The summed E-state index contributed by atoms with van der Waals surface area (Å²) in [6.07, 6.45) is -0.596. The molecule has 1 heterocycles. The van der Waals surface area contributed by atoms with Crippen LogP contribution in [0.3, 0.4) is 0 Å². The van der Waals surface area contributed by atoms with Crippen molar-refractivity contribution in [1.29, 1.82) is 0 Å². The highest BCUT2D eigenvalue weighted by Gasteiger charge is 2.33. The molecule has 1 fully saturated rings. The third kappa shape index (κ3) is 5.18. The maximum Gasteiger partial charge on any atom is 0.407 e. The smallest absolute Gasteiger partial charge is 0.407 e. The van der Waals surface area contributed by atoms with E-state index in [0.717, 1.165) is 21.9 Å². The molecule has 4 rings (SSSR count). The van der Waals surface area contributed by atoms with Crippen molar-refractivity contribution in [3.8, 4) is 5.75 Å². The molecule has 1 aliphatic heterocycles. The predicted molar refractivity (Wildman–Crippen MR) is 119 cm³/mol. The van der Waals surface area contributed by atoms with E-state index in [0.29, 0.717) is 31.9 Å². The Balaban J connectivity index is 1.48. The van der Waals surface area contributed by atoms with E-state index in [1.807, 2.05) is 30.3 Å². The highest BCUT2D eigenvalue weighted by molar-refractivity contribution is 5.82. The van der Waals surface area contributed by atoms with Gasteiger partial charge in [0.2, 0.25) is 0 Å². The molecule has 0 bridgehead atoms. The van der Waals surface area contributed by atoms with E-state index in [-0.39, 0.29) is 12.0 Å². The van der Waals surface area contributed by atoms with Crippen molar-refractivity contribution in [2.24, 2.45) is 0 Å². The topological polar surface area (TPSA) is 96.3 Å². The second-order valence-corrected chi connectivity index (χ2v) is 7.91. The SMILES string of the molecule is O=C(O)COc1ccc(C2CCN(C(=O)O)CC2OCc2ccc3ccccc3c2)cc1. The molecular weight excluding hydrogens is 410 g/mol. The molecular formula is C25H25NO6. The number of aliphatic carboxylic acids is 1. The van der Waals surface area contributed by atoms with Crippen LogP contribution in [0.4, 0.5) is 4.79 Å². The Hall–Kier alpha value is -3.58. The first-order chi connectivity index (χ1) is 15.5. The average Bonchev–Trinajstić information content (AvgIpc) is 2.81. The van der Waals surface area contributed by atoms with Gasteiger partial charge in [0.25, 0.3) is 0 Å². The van der Waals surface area contributed by atoms with Gasteiger partial charge < -0.3 is 24.6 Å². The molecule has 0 saturated carbocycles. The minimum Gasteiger partial charge on any atom is -0.482 e. The quantitative estimate of drug-likeness (QED) is 0.573. The second-order valence-electron chi connectivity index (χ2n) is 7.91. The first kappa shape index (κ1) is 21.6. The van der Waals surface area contributed by atoms with Crippen LogP contribution in [0.5, 0.6) is 5.75 Å². The van der Waals surface area contributed by atoms with Crippen LogP contribution in [-0.4, -0.2) is 53.0 Å². The van der Waals surface area contributed by atoms with Gasteiger partial charge in [0.15, 0.2) is 6.61 Å². The number of fused-ring (bicyclic) bond motifs is 1. The molecule has 0 aromatic heterocycles. The summed E-state index contributed by atoms with van der Waals surface area (Å²) in [6, 6.07) is 21.6. The Morgan fingerprint density at radius 1 is 0.969 bits per heavy atom. The van der Waals surface area contributed by atoms with Crippen LogP contribution in [0, 0.1) is 0 Å². The number of benzene rings is 3. The van der Waals surface area contributed by atoms with Gasteiger partial charge in [-0.1, -0.05) is 48.5 Å². The molecule has 2 N–H and O–H groups in total. The molecule has 32 heavy (non-hydrogen) atoms. The number of likely N-dealkylation sites (tertiary alicyclic amines) is 1. The fraction of sp³-hybridized carbons (Fsp3) is 0.280. The number of carboxylic acid groups (broad SMARTS) is 2. The molecule has 2 unspecified atom stereocenters. The van der Waals surface area contributed by atoms with Crippen LogP contribution in [0.2, 0.25) is 0 Å². The molecule has 3 aromatic carbocycles. The Morgan fingerprint density at radius 2 is 1.72 bits per heavy atom.